The Bertz CT molecular complexity index is 93.6. The van der Waals surface area contributed by atoms with Gasteiger partial charge in [-0.15, -0.1) is 0 Å². The van der Waals surface area contributed by atoms with Gasteiger partial charge >= 0.3 is 5.97 Å². The van der Waals surface area contributed by atoms with E-state index in [0.29, 0.717) is 6.42 Å². The van der Waals surface area contributed by atoms with E-state index in [1.165, 1.54) is 19.2 Å². The van der Waals surface area contributed by atoms with E-state index < -0.39 is 5.97 Å². The molecule has 0 bridgehead atoms. The molecule has 58 valence electrons. The number of unbranched alkanes of at least 4 members (excludes halogenated alkanes) is 3. The summed E-state index contributed by atoms with van der Waals surface area (Å²) in [5.74, 6) is -0.670. The maximum atomic E-state index is 10.0. The van der Waals surface area contributed by atoms with Crippen molar-refractivity contribution in [3.05, 3.63) is 0 Å². The molecule has 0 saturated heterocycles. The topological polar surface area (TPSA) is 37.3 Å². The lowest BCUT2D eigenvalue weighted by molar-refractivity contribution is -0.137. The van der Waals surface area contributed by atoms with Gasteiger partial charge in [0.1, 0.15) is 7.85 Å². The molecule has 0 aliphatic rings. The molecule has 0 unspecified atom stereocenters. The first kappa shape index (κ1) is 9.53. The molecule has 0 atom stereocenters. The van der Waals surface area contributed by atoms with E-state index in [1.54, 1.807) is 0 Å². The van der Waals surface area contributed by atoms with Crippen LogP contribution in [-0.2, 0) is 4.79 Å². The molecule has 0 heterocycles. The molecule has 0 aliphatic heterocycles. The van der Waals surface area contributed by atoms with Crippen molar-refractivity contribution in [1.29, 1.82) is 0 Å². The largest absolute Gasteiger partial charge is 0.481 e. The molecule has 0 rings (SSSR count). The second-order valence-electron chi connectivity index (χ2n) is 2.56. The van der Waals surface area contributed by atoms with Gasteiger partial charge in [0.05, 0.1) is 0 Å². The first-order chi connectivity index (χ1) is 4.77. The Hall–Kier alpha value is -0.465. The molecule has 3 heteroatoms. The molecule has 0 aliphatic carbocycles. The molecule has 0 aromatic heterocycles. The highest BCUT2D eigenvalue weighted by Crippen LogP contribution is 2.03. The fourth-order valence-corrected chi connectivity index (χ4v) is 0.880. The van der Waals surface area contributed by atoms with Crippen molar-refractivity contribution < 1.29 is 9.90 Å². The van der Waals surface area contributed by atoms with E-state index in [1.807, 2.05) is 0 Å². The van der Waals surface area contributed by atoms with Gasteiger partial charge in [-0.1, -0.05) is 25.6 Å². The predicted molar refractivity (Wildman–Crippen MR) is 44.1 cm³/mol. The second kappa shape index (κ2) is 6.65. The number of aliphatic carboxylic acids is 1. The number of carboxylic acid groups (broad SMARTS) is 1. The maximum absolute atomic E-state index is 10.0. The lowest BCUT2D eigenvalue weighted by Gasteiger charge is -1.95. The average Bonchev–Trinajstić information content (AvgIpc) is 1.87. The highest BCUT2D eigenvalue weighted by atomic mass is 16.4. The molecule has 0 aromatic rings. The lowest BCUT2D eigenvalue weighted by atomic mass is 9.99. The molecule has 0 aromatic carbocycles. The summed E-state index contributed by atoms with van der Waals surface area (Å²) in [7, 11) is 2.15. The Morgan fingerprint density at radius 3 is 2.30 bits per heavy atom. The number of carboxylic acids is 1. The predicted octanol–water partition coefficient (Wildman–Crippen LogP) is 1.07. The standard InChI is InChI=1S/C7H15BO2/c8-6-4-2-1-3-5-7(9)10/h1-6,8H2,(H,9,10). The first-order valence-electron chi connectivity index (χ1n) is 3.99. The van der Waals surface area contributed by atoms with E-state index in [0.717, 1.165) is 12.8 Å². The van der Waals surface area contributed by atoms with Crippen molar-refractivity contribution in [1.82, 2.24) is 0 Å². The quantitative estimate of drug-likeness (QED) is 0.444. The highest BCUT2D eigenvalue weighted by molar-refractivity contribution is 6.08. The summed E-state index contributed by atoms with van der Waals surface area (Å²) in [4.78, 5) is 10.0. The molecule has 0 radical (unpaired) electrons. The van der Waals surface area contributed by atoms with Gasteiger partial charge in [0.15, 0.2) is 0 Å². The monoisotopic (exact) mass is 142 g/mol. The maximum Gasteiger partial charge on any atom is 0.303 e. The Balaban J connectivity index is 2.84. The first-order valence-corrected chi connectivity index (χ1v) is 3.99. The number of hydrogen-bond donors (Lipinski definition) is 1. The van der Waals surface area contributed by atoms with Crippen molar-refractivity contribution in [3.63, 3.8) is 0 Å². The summed E-state index contributed by atoms with van der Waals surface area (Å²) in [6.07, 6.45) is 5.88. The molecular formula is C7H15BO2. The Kier molecular flexibility index (Phi) is 6.34. The third kappa shape index (κ3) is 7.53. The summed E-state index contributed by atoms with van der Waals surface area (Å²) in [6.45, 7) is 0. The molecule has 0 saturated carbocycles. The minimum absolute atomic E-state index is 0.337. The second-order valence-corrected chi connectivity index (χ2v) is 2.56. The average molecular weight is 142 g/mol. The van der Waals surface area contributed by atoms with Gasteiger partial charge in [0.2, 0.25) is 0 Å². The molecule has 1 N–H and O–H groups in total. The summed E-state index contributed by atoms with van der Waals surface area (Å²) in [6, 6.07) is 0. The number of rotatable bonds is 6. The lowest BCUT2D eigenvalue weighted by Crippen LogP contribution is -1.93. The van der Waals surface area contributed by atoms with E-state index in [2.05, 4.69) is 7.85 Å². The van der Waals surface area contributed by atoms with Crippen LogP contribution in [0.15, 0.2) is 0 Å². The number of carbonyl (C=O) groups is 1. The smallest absolute Gasteiger partial charge is 0.303 e. The van der Waals surface area contributed by atoms with Gasteiger partial charge in [-0.2, -0.15) is 0 Å². The highest BCUT2D eigenvalue weighted by Gasteiger charge is 1.94. The van der Waals surface area contributed by atoms with Gasteiger partial charge in [-0.25, -0.2) is 0 Å². The Morgan fingerprint density at radius 1 is 1.20 bits per heavy atom. The third-order valence-electron chi connectivity index (χ3n) is 1.49. The molecular weight excluding hydrogens is 127 g/mol. The molecule has 0 amide bonds. The van der Waals surface area contributed by atoms with Crippen LogP contribution in [0.3, 0.4) is 0 Å². The van der Waals surface area contributed by atoms with Crippen LogP contribution in [0.1, 0.15) is 32.1 Å². The van der Waals surface area contributed by atoms with Crippen LogP contribution in [-0.4, -0.2) is 18.9 Å². The van der Waals surface area contributed by atoms with Crippen molar-refractivity contribution in [2.24, 2.45) is 0 Å². The van der Waals surface area contributed by atoms with Crippen molar-refractivity contribution >= 4 is 13.8 Å². The van der Waals surface area contributed by atoms with E-state index in [4.69, 9.17) is 5.11 Å². The van der Waals surface area contributed by atoms with Crippen LogP contribution in [0, 0.1) is 0 Å². The summed E-state index contributed by atoms with van der Waals surface area (Å²) in [5.41, 5.74) is 0. The Morgan fingerprint density at radius 2 is 1.80 bits per heavy atom. The molecule has 10 heavy (non-hydrogen) atoms. The summed E-state index contributed by atoms with van der Waals surface area (Å²) >= 11 is 0. The van der Waals surface area contributed by atoms with Crippen LogP contribution in [0.5, 0.6) is 0 Å². The van der Waals surface area contributed by atoms with Crippen LogP contribution >= 0.6 is 0 Å². The van der Waals surface area contributed by atoms with Crippen LogP contribution in [0.4, 0.5) is 0 Å². The fourth-order valence-electron chi connectivity index (χ4n) is 0.880. The van der Waals surface area contributed by atoms with E-state index in [9.17, 15) is 4.79 Å². The van der Waals surface area contributed by atoms with Crippen molar-refractivity contribution in [3.8, 4) is 0 Å². The minimum Gasteiger partial charge on any atom is -0.481 e. The zero-order valence-electron chi connectivity index (χ0n) is 6.60. The van der Waals surface area contributed by atoms with Gasteiger partial charge in [0, 0.05) is 6.42 Å². The van der Waals surface area contributed by atoms with E-state index in [-0.39, 0.29) is 0 Å². The normalized spacial score (nSPS) is 9.60. The van der Waals surface area contributed by atoms with Crippen molar-refractivity contribution in [2.45, 2.75) is 38.4 Å². The summed E-state index contributed by atoms with van der Waals surface area (Å²) in [5, 5.41) is 8.27. The zero-order valence-corrected chi connectivity index (χ0v) is 6.60. The van der Waals surface area contributed by atoms with Crippen LogP contribution < -0.4 is 0 Å². The van der Waals surface area contributed by atoms with E-state index >= 15 is 0 Å². The summed E-state index contributed by atoms with van der Waals surface area (Å²) < 4.78 is 0. The minimum atomic E-state index is -0.670. The molecule has 0 fully saturated rings. The number of hydrogen-bond acceptors (Lipinski definition) is 1. The van der Waals surface area contributed by atoms with Crippen LogP contribution in [0.2, 0.25) is 6.32 Å². The third-order valence-corrected chi connectivity index (χ3v) is 1.49. The van der Waals surface area contributed by atoms with Gasteiger partial charge in [-0.05, 0) is 6.42 Å². The fraction of sp³-hybridized carbons (Fsp3) is 0.857. The zero-order chi connectivity index (χ0) is 7.82. The van der Waals surface area contributed by atoms with Gasteiger partial charge in [0.25, 0.3) is 0 Å². The molecule has 2 nitrogen and oxygen atoms in total. The SMILES string of the molecule is BCCCCCCC(=O)O. The molecule has 0 spiro atoms. The van der Waals surface area contributed by atoms with Crippen molar-refractivity contribution in [2.75, 3.05) is 0 Å². The van der Waals surface area contributed by atoms with Crippen LogP contribution in [0.25, 0.3) is 0 Å². The van der Waals surface area contributed by atoms with Gasteiger partial charge < -0.3 is 5.11 Å². The Labute approximate surface area is 63.0 Å². The van der Waals surface area contributed by atoms with Gasteiger partial charge in [-0.3, -0.25) is 4.79 Å².